The van der Waals surface area contributed by atoms with Gasteiger partial charge in [-0.1, -0.05) is 13.0 Å². The Morgan fingerprint density at radius 2 is 1.94 bits per heavy atom. The Morgan fingerprint density at radius 1 is 1.22 bits per heavy atom. The number of benzene rings is 1. The summed E-state index contributed by atoms with van der Waals surface area (Å²) in [6.45, 7) is 10.1. The summed E-state index contributed by atoms with van der Waals surface area (Å²) in [6, 6.07) is 5.98. The number of hydrogen-bond acceptors (Lipinski definition) is 3. The van der Waals surface area contributed by atoms with Crippen molar-refractivity contribution in [3.63, 3.8) is 0 Å². The van der Waals surface area contributed by atoms with E-state index in [2.05, 4.69) is 39.1 Å². The summed E-state index contributed by atoms with van der Waals surface area (Å²) in [5.74, 6) is 1.74. The molecule has 0 aromatic heterocycles. The molecule has 18 heavy (non-hydrogen) atoms. The predicted molar refractivity (Wildman–Crippen MR) is 75.4 cm³/mol. The maximum absolute atomic E-state index is 5.77. The van der Waals surface area contributed by atoms with Gasteiger partial charge in [-0.25, -0.2) is 0 Å². The molecule has 0 unspecified atom stereocenters. The van der Waals surface area contributed by atoms with Crippen LogP contribution in [0.1, 0.15) is 39.7 Å². The zero-order chi connectivity index (χ0) is 13.6. The lowest BCUT2D eigenvalue weighted by Crippen LogP contribution is -2.35. The smallest absolute Gasteiger partial charge is 0.127 e. The highest BCUT2D eigenvalue weighted by Crippen LogP contribution is 2.25. The van der Waals surface area contributed by atoms with Crippen LogP contribution in [0.4, 0.5) is 0 Å². The van der Waals surface area contributed by atoms with Gasteiger partial charge < -0.3 is 14.8 Å². The summed E-state index contributed by atoms with van der Waals surface area (Å²) in [7, 11) is 1.67. The van der Waals surface area contributed by atoms with Crippen molar-refractivity contribution in [3.05, 3.63) is 23.8 Å². The molecule has 0 saturated carbocycles. The molecule has 0 radical (unpaired) electrons. The van der Waals surface area contributed by atoms with Crippen LogP contribution in [0, 0.1) is 0 Å². The van der Waals surface area contributed by atoms with Gasteiger partial charge in [0.05, 0.1) is 13.7 Å². The van der Waals surface area contributed by atoms with Gasteiger partial charge in [0.15, 0.2) is 0 Å². The fraction of sp³-hybridized carbons (Fsp3) is 0.600. The normalized spacial score (nSPS) is 11.4. The third-order valence-corrected chi connectivity index (χ3v) is 2.55. The fourth-order valence-corrected chi connectivity index (χ4v) is 1.51. The third kappa shape index (κ3) is 4.96. The first-order valence-electron chi connectivity index (χ1n) is 6.51. The number of hydrogen-bond donors (Lipinski definition) is 1. The van der Waals surface area contributed by atoms with E-state index in [0.717, 1.165) is 31.1 Å². The van der Waals surface area contributed by atoms with Crippen molar-refractivity contribution in [3.8, 4) is 11.5 Å². The van der Waals surface area contributed by atoms with Crippen molar-refractivity contribution >= 4 is 0 Å². The van der Waals surface area contributed by atoms with E-state index in [-0.39, 0.29) is 5.54 Å². The molecule has 0 spiro atoms. The summed E-state index contributed by atoms with van der Waals surface area (Å²) < 4.78 is 11.0. The summed E-state index contributed by atoms with van der Waals surface area (Å²) in [4.78, 5) is 0. The van der Waals surface area contributed by atoms with Crippen molar-refractivity contribution in [2.24, 2.45) is 0 Å². The van der Waals surface area contributed by atoms with Crippen LogP contribution in [0.5, 0.6) is 11.5 Å². The summed E-state index contributed by atoms with van der Waals surface area (Å²) in [5.41, 5.74) is 1.27. The molecule has 3 nitrogen and oxygen atoms in total. The lowest BCUT2D eigenvalue weighted by Gasteiger charge is -2.22. The van der Waals surface area contributed by atoms with E-state index in [9.17, 15) is 0 Å². The maximum Gasteiger partial charge on any atom is 0.127 e. The molecule has 0 amide bonds. The largest absolute Gasteiger partial charge is 0.497 e. The second kappa shape index (κ2) is 6.64. The van der Waals surface area contributed by atoms with Crippen molar-refractivity contribution in [1.29, 1.82) is 0 Å². The summed E-state index contributed by atoms with van der Waals surface area (Å²) >= 11 is 0. The van der Waals surface area contributed by atoms with Gasteiger partial charge in [-0.15, -0.1) is 0 Å². The maximum atomic E-state index is 5.77. The molecule has 0 heterocycles. The van der Waals surface area contributed by atoms with Gasteiger partial charge >= 0.3 is 0 Å². The average molecular weight is 251 g/mol. The Hall–Kier alpha value is -1.22. The lowest BCUT2D eigenvalue weighted by molar-refractivity contribution is 0.308. The third-order valence-electron chi connectivity index (χ3n) is 2.55. The zero-order valence-electron chi connectivity index (χ0n) is 12.2. The van der Waals surface area contributed by atoms with Gasteiger partial charge in [-0.3, -0.25) is 0 Å². The fourth-order valence-electron chi connectivity index (χ4n) is 1.51. The molecule has 1 aromatic carbocycles. The van der Waals surface area contributed by atoms with Gasteiger partial charge in [-0.05, 0) is 33.3 Å². The average Bonchev–Trinajstić information content (AvgIpc) is 2.33. The Balaban J connectivity index is 2.81. The number of methoxy groups -OCH3 is 1. The monoisotopic (exact) mass is 251 g/mol. The molecule has 0 aliphatic carbocycles. The molecule has 1 rings (SSSR count). The van der Waals surface area contributed by atoms with E-state index in [1.165, 1.54) is 5.56 Å². The van der Waals surface area contributed by atoms with E-state index in [0.29, 0.717) is 0 Å². The molecule has 1 aromatic rings. The molecule has 0 aliphatic heterocycles. The first-order valence-corrected chi connectivity index (χ1v) is 6.51. The minimum atomic E-state index is 0.0992. The van der Waals surface area contributed by atoms with E-state index < -0.39 is 0 Å². The second-order valence-corrected chi connectivity index (χ2v) is 5.43. The molecule has 0 atom stereocenters. The van der Waals surface area contributed by atoms with Crippen LogP contribution in [0.15, 0.2) is 18.2 Å². The first-order chi connectivity index (χ1) is 8.46. The van der Waals surface area contributed by atoms with E-state index >= 15 is 0 Å². The van der Waals surface area contributed by atoms with Crippen LogP contribution in [0.25, 0.3) is 0 Å². The Morgan fingerprint density at radius 3 is 2.50 bits per heavy atom. The van der Waals surface area contributed by atoms with Crippen LogP contribution >= 0.6 is 0 Å². The summed E-state index contributed by atoms with van der Waals surface area (Å²) in [6.07, 6.45) is 1.00. The Kier molecular flexibility index (Phi) is 5.48. The zero-order valence-corrected chi connectivity index (χ0v) is 12.2. The number of ether oxygens (including phenoxy) is 2. The van der Waals surface area contributed by atoms with Crippen LogP contribution in [0.2, 0.25) is 0 Å². The standard InChI is InChI=1S/C15H25NO2/c1-6-9-18-14-10-13(17-5)8-7-12(14)11-16-15(2,3)4/h7-8,10,16H,6,9,11H2,1-5H3. The quantitative estimate of drug-likeness (QED) is 0.841. The Labute approximate surface area is 110 Å². The minimum Gasteiger partial charge on any atom is -0.497 e. The molecule has 0 fully saturated rings. The van der Waals surface area contributed by atoms with Crippen molar-refractivity contribution in [1.82, 2.24) is 5.32 Å². The van der Waals surface area contributed by atoms with Gasteiger partial charge in [0, 0.05) is 23.7 Å². The topological polar surface area (TPSA) is 30.5 Å². The summed E-state index contributed by atoms with van der Waals surface area (Å²) in [5, 5.41) is 3.47. The van der Waals surface area contributed by atoms with Gasteiger partial charge in [0.2, 0.25) is 0 Å². The lowest BCUT2D eigenvalue weighted by atomic mass is 10.1. The molecule has 0 bridgehead atoms. The van der Waals surface area contributed by atoms with Gasteiger partial charge in [-0.2, -0.15) is 0 Å². The molecular weight excluding hydrogens is 226 g/mol. The first kappa shape index (κ1) is 14.8. The molecular formula is C15H25NO2. The molecule has 1 N–H and O–H groups in total. The van der Waals surface area contributed by atoms with Crippen molar-refractivity contribution in [2.45, 2.75) is 46.2 Å². The Bertz CT molecular complexity index is 369. The molecule has 3 heteroatoms. The van der Waals surface area contributed by atoms with Crippen LogP contribution in [0.3, 0.4) is 0 Å². The van der Waals surface area contributed by atoms with E-state index in [4.69, 9.17) is 9.47 Å². The minimum absolute atomic E-state index is 0.0992. The highest BCUT2D eigenvalue weighted by atomic mass is 16.5. The highest BCUT2D eigenvalue weighted by molar-refractivity contribution is 5.40. The molecule has 0 aliphatic rings. The predicted octanol–water partition coefficient (Wildman–Crippen LogP) is 3.37. The van der Waals surface area contributed by atoms with Crippen molar-refractivity contribution < 1.29 is 9.47 Å². The highest BCUT2D eigenvalue weighted by Gasteiger charge is 2.11. The van der Waals surface area contributed by atoms with Gasteiger partial charge in [0.25, 0.3) is 0 Å². The molecule has 102 valence electrons. The second-order valence-electron chi connectivity index (χ2n) is 5.43. The molecule has 0 saturated heterocycles. The van der Waals surface area contributed by atoms with Crippen LogP contribution < -0.4 is 14.8 Å². The van der Waals surface area contributed by atoms with Crippen LogP contribution in [-0.4, -0.2) is 19.3 Å². The number of rotatable bonds is 6. The van der Waals surface area contributed by atoms with E-state index in [1.807, 2.05) is 12.1 Å². The van der Waals surface area contributed by atoms with E-state index in [1.54, 1.807) is 7.11 Å². The number of nitrogens with one attached hydrogen (secondary N) is 1. The van der Waals surface area contributed by atoms with Crippen molar-refractivity contribution in [2.75, 3.05) is 13.7 Å². The van der Waals surface area contributed by atoms with Gasteiger partial charge in [0.1, 0.15) is 11.5 Å². The SMILES string of the molecule is CCCOc1cc(OC)ccc1CNC(C)(C)C. The van der Waals surface area contributed by atoms with Crippen LogP contribution in [-0.2, 0) is 6.54 Å².